The van der Waals surface area contributed by atoms with Gasteiger partial charge in [0.25, 0.3) is 0 Å². The van der Waals surface area contributed by atoms with Gasteiger partial charge in [0.1, 0.15) is 16.4 Å². The Morgan fingerprint density at radius 1 is 1.38 bits per heavy atom. The van der Waals surface area contributed by atoms with Crippen molar-refractivity contribution < 1.29 is 22.0 Å². The summed E-state index contributed by atoms with van der Waals surface area (Å²) in [7, 11) is -2.93. The van der Waals surface area contributed by atoms with Crippen LogP contribution in [0.15, 0.2) is 17.0 Å². The third-order valence-electron chi connectivity index (χ3n) is 2.78. The largest absolute Gasteiger partial charge is 0.394 e. The molecule has 3 N–H and O–H groups in total. The average molecular weight is 321 g/mol. The maximum absolute atomic E-state index is 13.9. The van der Waals surface area contributed by atoms with Gasteiger partial charge >= 0.3 is 0 Å². The smallest absolute Gasteiger partial charge is 0.246 e. The van der Waals surface area contributed by atoms with Crippen molar-refractivity contribution in [1.82, 2.24) is 9.62 Å². The minimum absolute atomic E-state index is 0.0203. The van der Waals surface area contributed by atoms with E-state index in [2.05, 4.69) is 5.32 Å². The Labute approximate surface area is 122 Å². The number of nitrogens with two attached hydrogens (primary N) is 1. The van der Waals surface area contributed by atoms with Crippen LogP contribution < -0.4 is 11.1 Å². The first-order chi connectivity index (χ1) is 9.75. The highest BCUT2D eigenvalue weighted by Gasteiger charge is 2.30. The summed E-state index contributed by atoms with van der Waals surface area (Å²) < 4.78 is 52.6. The number of rotatable bonds is 6. The van der Waals surface area contributed by atoms with Gasteiger partial charge < -0.3 is 11.1 Å². The molecule has 1 aromatic rings. The van der Waals surface area contributed by atoms with E-state index in [-0.39, 0.29) is 6.54 Å². The number of nitrogen functional groups attached to an aromatic ring is 1. The van der Waals surface area contributed by atoms with E-state index in [4.69, 9.17) is 5.73 Å². The van der Waals surface area contributed by atoms with Crippen LogP contribution in [0.1, 0.15) is 13.3 Å². The third kappa shape index (κ3) is 3.67. The number of hydrogen-bond acceptors (Lipinski definition) is 4. The molecule has 118 valence electrons. The number of sulfonamides is 1. The Hall–Kier alpha value is -1.74. The van der Waals surface area contributed by atoms with Crippen LogP contribution in [0.3, 0.4) is 0 Å². The molecule has 0 aliphatic heterocycles. The van der Waals surface area contributed by atoms with E-state index >= 15 is 0 Å². The predicted octanol–water partition coefficient (Wildman–Crippen LogP) is 0.694. The normalized spacial score (nSPS) is 11.7. The Bertz CT molecular complexity index is 635. The fourth-order valence-corrected chi connectivity index (χ4v) is 3.23. The number of carbonyl (C=O) groups is 1. The van der Waals surface area contributed by atoms with Gasteiger partial charge in [-0.15, -0.1) is 0 Å². The van der Waals surface area contributed by atoms with Gasteiger partial charge in [-0.1, -0.05) is 6.92 Å². The number of hydrogen-bond donors (Lipinski definition) is 2. The summed E-state index contributed by atoms with van der Waals surface area (Å²) in [5.41, 5.74) is 4.30. The van der Waals surface area contributed by atoms with Crippen molar-refractivity contribution in [2.75, 3.05) is 25.9 Å². The van der Waals surface area contributed by atoms with Gasteiger partial charge in [0.2, 0.25) is 15.9 Å². The molecular weight excluding hydrogens is 304 g/mol. The summed E-state index contributed by atoms with van der Waals surface area (Å²) >= 11 is 0. The molecule has 21 heavy (non-hydrogen) atoms. The third-order valence-corrected chi connectivity index (χ3v) is 4.64. The van der Waals surface area contributed by atoms with Crippen LogP contribution in [0.2, 0.25) is 0 Å². The zero-order valence-electron chi connectivity index (χ0n) is 11.7. The number of likely N-dealkylation sites (N-methyl/N-ethyl adjacent to an activating group) is 1. The first-order valence-corrected chi connectivity index (χ1v) is 7.63. The second kappa shape index (κ2) is 6.81. The van der Waals surface area contributed by atoms with Crippen LogP contribution in [0.5, 0.6) is 0 Å². The van der Waals surface area contributed by atoms with E-state index in [1.807, 2.05) is 0 Å². The molecule has 0 aliphatic carbocycles. The van der Waals surface area contributed by atoms with Gasteiger partial charge in [0, 0.05) is 13.6 Å². The minimum Gasteiger partial charge on any atom is -0.394 e. The summed E-state index contributed by atoms with van der Waals surface area (Å²) in [5.74, 6) is -2.93. The SMILES string of the molecule is CCCN(CC(=O)NC)S(=O)(=O)c1ccc(F)c(N)c1F. The van der Waals surface area contributed by atoms with Gasteiger partial charge in [-0.05, 0) is 18.6 Å². The van der Waals surface area contributed by atoms with Crippen LogP contribution in [-0.4, -0.2) is 38.8 Å². The first kappa shape index (κ1) is 17.3. The Kier molecular flexibility index (Phi) is 5.62. The molecule has 0 atom stereocenters. The summed E-state index contributed by atoms with van der Waals surface area (Å²) in [6.07, 6.45) is 0.425. The highest BCUT2D eigenvalue weighted by molar-refractivity contribution is 7.89. The zero-order valence-corrected chi connectivity index (χ0v) is 12.5. The maximum Gasteiger partial charge on any atom is 0.246 e. The van der Waals surface area contributed by atoms with E-state index in [0.717, 1.165) is 16.4 Å². The van der Waals surface area contributed by atoms with Gasteiger partial charge in [-0.2, -0.15) is 4.31 Å². The Morgan fingerprint density at radius 3 is 2.52 bits per heavy atom. The van der Waals surface area contributed by atoms with Crippen molar-refractivity contribution in [3.63, 3.8) is 0 Å². The second-order valence-electron chi connectivity index (χ2n) is 4.28. The maximum atomic E-state index is 13.9. The van der Waals surface area contributed by atoms with Crippen LogP contribution in [0.4, 0.5) is 14.5 Å². The number of carbonyl (C=O) groups excluding carboxylic acids is 1. The predicted molar refractivity (Wildman–Crippen MR) is 73.9 cm³/mol. The molecule has 0 saturated carbocycles. The minimum atomic E-state index is -4.29. The summed E-state index contributed by atoms with van der Waals surface area (Å²) in [5, 5.41) is 2.29. The van der Waals surface area contributed by atoms with Gasteiger partial charge in [0.15, 0.2) is 5.82 Å². The van der Waals surface area contributed by atoms with E-state index in [9.17, 15) is 22.0 Å². The summed E-state index contributed by atoms with van der Waals surface area (Å²) in [6.45, 7) is 1.28. The van der Waals surface area contributed by atoms with Crippen molar-refractivity contribution >= 4 is 21.6 Å². The molecule has 1 aromatic carbocycles. The van der Waals surface area contributed by atoms with Crippen molar-refractivity contribution in [3.05, 3.63) is 23.8 Å². The summed E-state index contributed by atoms with van der Waals surface area (Å²) in [4.78, 5) is 10.6. The molecule has 0 aromatic heterocycles. The topological polar surface area (TPSA) is 92.5 Å². The number of nitrogens with one attached hydrogen (secondary N) is 1. The lowest BCUT2D eigenvalue weighted by Crippen LogP contribution is -2.40. The van der Waals surface area contributed by atoms with Gasteiger partial charge in [0.05, 0.1) is 6.54 Å². The highest BCUT2D eigenvalue weighted by Crippen LogP contribution is 2.25. The number of amides is 1. The Balaban J connectivity index is 3.29. The number of anilines is 1. The lowest BCUT2D eigenvalue weighted by molar-refractivity contribution is -0.120. The molecule has 0 saturated heterocycles. The van der Waals surface area contributed by atoms with Crippen molar-refractivity contribution in [2.45, 2.75) is 18.2 Å². The molecule has 0 fully saturated rings. The quantitative estimate of drug-likeness (QED) is 0.754. The molecule has 0 heterocycles. The van der Waals surface area contributed by atoms with Crippen molar-refractivity contribution in [2.24, 2.45) is 0 Å². The zero-order chi connectivity index (χ0) is 16.2. The molecular formula is C12H17F2N3O3S. The van der Waals surface area contributed by atoms with Crippen molar-refractivity contribution in [3.8, 4) is 0 Å². The molecule has 6 nitrogen and oxygen atoms in total. The van der Waals surface area contributed by atoms with E-state index in [0.29, 0.717) is 6.42 Å². The summed E-state index contributed by atoms with van der Waals surface area (Å²) in [6, 6.07) is 1.57. The van der Waals surface area contributed by atoms with E-state index in [1.165, 1.54) is 7.05 Å². The number of halogens is 2. The lowest BCUT2D eigenvalue weighted by Gasteiger charge is -2.21. The first-order valence-electron chi connectivity index (χ1n) is 6.19. The van der Waals surface area contributed by atoms with E-state index in [1.54, 1.807) is 6.92 Å². The number of nitrogens with zero attached hydrogens (tertiary/aromatic N) is 1. The molecule has 1 amide bonds. The van der Waals surface area contributed by atoms with Crippen LogP contribution in [0, 0.1) is 11.6 Å². The molecule has 0 unspecified atom stereocenters. The monoisotopic (exact) mass is 321 g/mol. The number of benzene rings is 1. The lowest BCUT2D eigenvalue weighted by atomic mass is 10.3. The highest BCUT2D eigenvalue weighted by atomic mass is 32.2. The van der Waals surface area contributed by atoms with Crippen molar-refractivity contribution in [1.29, 1.82) is 0 Å². The molecule has 0 spiro atoms. The Morgan fingerprint density at radius 2 is 2.00 bits per heavy atom. The molecule has 0 bridgehead atoms. The molecule has 9 heteroatoms. The second-order valence-corrected chi connectivity index (χ2v) is 6.19. The average Bonchev–Trinajstić information content (AvgIpc) is 2.43. The molecule has 1 rings (SSSR count). The molecule has 0 aliphatic rings. The van der Waals surface area contributed by atoms with Gasteiger partial charge in [-0.25, -0.2) is 17.2 Å². The standard InChI is InChI=1S/C12H17F2N3O3S/c1-3-6-17(7-10(18)16-2)21(19,20)9-5-4-8(13)12(15)11(9)14/h4-5H,3,6-7,15H2,1-2H3,(H,16,18). The van der Waals surface area contributed by atoms with Crippen LogP contribution in [0.25, 0.3) is 0 Å². The van der Waals surface area contributed by atoms with Crippen LogP contribution >= 0.6 is 0 Å². The molecule has 0 radical (unpaired) electrons. The fraction of sp³-hybridized carbons (Fsp3) is 0.417. The van der Waals surface area contributed by atoms with Crippen LogP contribution in [-0.2, 0) is 14.8 Å². The van der Waals surface area contributed by atoms with E-state index < -0.39 is 44.7 Å². The van der Waals surface area contributed by atoms with Gasteiger partial charge in [-0.3, -0.25) is 4.79 Å². The fourth-order valence-electron chi connectivity index (χ4n) is 1.66.